The molecule has 86 valence electrons. The van der Waals surface area contributed by atoms with Gasteiger partial charge < -0.3 is 4.42 Å². The van der Waals surface area contributed by atoms with Crippen molar-refractivity contribution in [3.05, 3.63) is 34.0 Å². The number of aromatic nitrogens is 3. The quantitative estimate of drug-likeness (QED) is 0.650. The standard InChI is InChI=1S/C9H12BrN5O/c1-5-3-6(4-16-5)7(12-11)8-9(10)13-14-15(8)2/h3-4,7,12H,11H2,1-2H3. The van der Waals surface area contributed by atoms with E-state index in [-0.39, 0.29) is 6.04 Å². The molecule has 1 atom stereocenters. The maximum Gasteiger partial charge on any atom is 0.153 e. The van der Waals surface area contributed by atoms with Crippen LogP contribution in [-0.4, -0.2) is 15.0 Å². The van der Waals surface area contributed by atoms with Crippen molar-refractivity contribution in [1.82, 2.24) is 20.4 Å². The lowest BCUT2D eigenvalue weighted by molar-refractivity contribution is 0.519. The smallest absolute Gasteiger partial charge is 0.153 e. The summed E-state index contributed by atoms with van der Waals surface area (Å²) < 4.78 is 7.59. The zero-order valence-corrected chi connectivity index (χ0v) is 10.5. The highest BCUT2D eigenvalue weighted by Crippen LogP contribution is 2.27. The minimum atomic E-state index is -0.202. The Morgan fingerprint density at radius 3 is 2.81 bits per heavy atom. The summed E-state index contributed by atoms with van der Waals surface area (Å²) in [5.74, 6) is 6.40. The molecule has 2 aromatic rings. The second kappa shape index (κ2) is 4.36. The first-order chi connectivity index (χ1) is 7.63. The topological polar surface area (TPSA) is 81.9 Å². The summed E-state index contributed by atoms with van der Waals surface area (Å²) in [5.41, 5.74) is 4.51. The van der Waals surface area contributed by atoms with Gasteiger partial charge in [0.05, 0.1) is 18.0 Å². The molecule has 2 aromatic heterocycles. The van der Waals surface area contributed by atoms with Gasteiger partial charge in [0.25, 0.3) is 0 Å². The van der Waals surface area contributed by atoms with E-state index in [9.17, 15) is 0 Å². The van der Waals surface area contributed by atoms with E-state index in [1.165, 1.54) is 0 Å². The van der Waals surface area contributed by atoms with Crippen LogP contribution in [0.4, 0.5) is 0 Å². The van der Waals surface area contributed by atoms with E-state index in [4.69, 9.17) is 10.3 Å². The minimum absolute atomic E-state index is 0.202. The van der Waals surface area contributed by atoms with Gasteiger partial charge in [-0.25, -0.2) is 10.1 Å². The van der Waals surface area contributed by atoms with E-state index < -0.39 is 0 Å². The fourth-order valence-electron chi connectivity index (χ4n) is 1.59. The largest absolute Gasteiger partial charge is 0.469 e. The molecule has 0 amide bonds. The van der Waals surface area contributed by atoms with Crippen molar-refractivity contribution in [2.75, 3.05) is 0 Å². The van der Waals surface area contributed by atoms with E-state index in [2.05, 4.69) is 31.7 Å². The van der Waals surface area contributed by atoms with Crippen molar-refractivity contribution >= 4 is 15.9 Å². The molecule has 0 radical (unpaired) electrons. The van der Waals surface area contributed by atoms with Gasteiger partial charge in [0, 0.05) is 12.6 Å². The van der Waals surface area contributed by atoms with Crippen LogP contribution in [0.3, 0.4) is 0 Å². The zero-order valence-electron chi connectivity index (χ0n) is 8.94. The fraction of sp³-hybridized carbons (Fsp3) is 0.333. The maximum absolute atomic E-state index is 5.56. The van der Waals surface area contributed by atoms with Crippen LogP contribution in [-0.2, 0) is 7.05 Å². The van der Waals surface area contributed by atoms with Crippen LogP contribution in [0.5, 0.6) is 0 Å². The Kier molecular flexibility index (Phi) is 3.08. The number of rotatable bonds is 3. The monoisotopic (exact) mass is 285 g/mol. The average Bonchev–Trinajstić information content (AvgIpc) is 2.80. The molecule has 0 saturated heterocycles. The summed E-state index contributed by atoms with van der Waals surface area (Å²) in [7, 11) is 1.81. The number of hydrogen-bond donors (Lipinski definition) is 2. The van der Waals surface area contributed by atoms with Crippen molar-refractivity contribution in [3.63, 3.8) is 0 Å². The number of halogens is 1. The zero-order chi connectivity index (χ0) is 11.7. The van der Waals surface area contributed by atoms with Gasteiger partial charge in [-0.1, -0.05) is 5.21 Å². The Morgan fingerprint density at radius 1 is 1.62 bits per heavy atom. The summed E-state index contributed by atoms with van der Waals surface area (Å²) >= 11 is 3.34. The fourth-order valence-corrected chi connectivity index (χ4v) is 2.15. The van der Waals surface area contributed by atoms with Gasteiger partial charge in [-0.15, -0.1) is 5.10 Å². The van der Waals surface area contributed by atoms with E-state index >= 15 is 0 Å². The molecule has 3 N–H and O–H groups in total. The Labute approximate surface area is 101 Å². The first-order valence-electron chi connectivity index (χ1n) is 4.69. The first-order valence-corrected chi connectivity index (χ1v) is 5.49. The van der Waals surface area contributed by atoms with Crippen molar-refractivity contribution in [3.8, 4) is 0 Å². The lowest BCUT2D eigenvalue weighted by Crippen LogP contribution is -2.30. The van der Waals surface area contributed by atoms with Crippen LogP contribution in [0.15, 0.2) is 21.3 Å². The number of hydrogen-bond acceptors (Lipinski definition) is 5. The predicted molar refractivity (Wildman–Crippen MR) is 61.3 cm³/mol. The molecule has 0 aliphatic rings. The third kappa shape index (κ3) is 1.89. The van der Waals surface area contributed by atoms with Crippen LogP contribution >= 0.6 is 15.9 Å². The summed E-state index contributed by atoms with van der Waals surface area (Å²) in [6, 6.07) is 1.72. The molecule has 2 heterocycles. The van der Waals surface area contributed by atoms with Crippen LogP contribution in [0.25, 0.3) is 0 Å². The van der Waals surface area contributed by atoms with Crippen molar-refractivity contribution in [2.24, 2.45) is 12.9 Å². The first kappa shape index (κ1) is 11.3. The second-order valence-electron chi connectivity index (χ2n) is 3.48. The summed E-state index contributed by atoms with van der Waals surface area (Å²) in [4.78, 5) is 0. The third-order valence-electron chi connectivity index (χ3n) is 2.35. The van der Waals surface area contributed by atoms with Gasteiger partial charge in [0.15, 0.2) is 4.60 Å². The molecule has 0 saturated carbocycles. The summed E-state index contributed by atoms with van der Waals surface area (Å²) in [5, 5.41) is 7.83. The van der Waals surface area contributed by atoms with Gasteiger partial charge in [-0.2, -0.15) is 0 Å². The summed E-state index contributed by atoms with van der Waals surface area (Å²) in [6.07, 6.45) is 1.67. The van der Waals surface area contributed by atoms with Crippen molar-refractivity contribution in [2.45, 2.75) is 13.0 Å². The van der Waals surface area contributed by atoms with Crippen LogP contribution < -0.4 is 11.3 Å². The van der Waals surface area contributed by atoms with Gasteiger partial charge >= 0.3 is 0 Å². The van der Waals surface area contributed by atoms with Gasteiger partial charge in [0.2, 0.25) is 0 Å². The van der Waals surface area contributed by atoms with E-state index in [1.807, 2.05) is 20.0 Å². The van der Waals surface area contributed by atoms with Gasteiger partial charge in [-0.05, 0) is 28.9 Å². The second-order valence-corrected chi connectivity index (χ2v) is 4.23. The molecule has 6 nitrogen and oxygen atoms in total. The molecule has 2 rings (SSSR count). The minimum Gasteiger partial charge on any atom is -0.469 e. The molecule has 1 unspecified atom stereocenters. The lowest BCUT2D eigenvalue weighted by Gasteiger charge is -2.13. The van der Waals surface area contributed by atoms with Crippen LogP contribution in [0.1, 0.15) is 23.1 Å². The Morgan fingerprint density at radius 2 is 2.38 bits per heavy atom. The number of aryl methyl sites for hydroxylation is 2. The van der Waals surface area contributed by atoms with E-state index in [0.717, 1.165) is 17.0 Å². The number of nitrogens with two attached hydrogens (primary N) is 1. The highest BCUT2D eigenvalue weighted by Gasteiger charge is 2.22. The Hall–Kier alpha value is -1.18. The molecule has 0 bridgehead atoms. The van der Waals surface area contributed by atoms with E-state index in [0.29, 0.717) is 4.60 Å². The van der Waals surface area contributed by atoms with E-state index in [1.54, 1.807) is 10.9 Å². The molecule has 0 aromatic carbocycles. The Balaban J connectivity index is 2.44. The third-order valence-corrected chi connectivity index (χ3v) is 2.92. The highest BCUT2D eigenvalue weighted by molar-refractivity contribution is 9.10. The maximum atomic E-state index is 5.56. The number of furan rings is 1. The number of nitrogens with one attached hydrogen (secondary N) is 1. The average molecular weight is 286 g/mol. The SMILES string of the molecule is Cc1cc(C(NN)c2c(Br)nnn2C)co1. The number of hydrazine groups is 1. The van der Waals surface area contributed by atoms with Crippen LogP contribution in [0, 0.1) is 6.92 Å². The highest BCUT2D eigenvalue weighted by atomic mass is 79.9. The molecule has 0 spiro atoms. The van der Waals surface area contributed by atoms with Crippen molar-refractivity contribution < 1.29 is 4.42 Å². The molecular weight excluding hydrogens is 274 g/mol. The predicted octanol–water partition coefficient (Wildman–Crippen LogP) is 1.03. The van der Waals surface area contributed by atoms with Crippen LogP contribution in [0.2, 0.25) is 0 Å². The molecular formula is C9H12BrN5O. The molecule has 7 heteroatoms. The molecule has 0 aliphatic heterocycles. The number of nitrogens with zero attached hydrogens (tertiary/aromatic N) is 3. The molecule has 0 aliphatic carbocycles. The summed E-state index contributed by atoms with van der Waals surface area (Å²) in [6.45, 7) is 1.88. The van der Waals surface area contributed by atoms with Gasteiger partial charge in [0.1, 0.15) is 5.76 Å². The van der Waals surface area contributed by atoms with Gasteiger partial charge in [-0.3, -0.25) is 5.84 Å². The lowest BCUT2D eigenvalue weighted by atomic mass is 10.1. The molecule has 16 heavy (non-hydrogen) atoms. The molecule has 0 fully saturated rings. The van der Waals surface area contributed by atoms with Crippen molar-refractivity contribution in [1.29, 1.82) is 0 Å². The normalized spacial score (nSPS) is 13.0. The Bertz CT molecular complexity index is 472.